The molecule has 1 saturated heterocycles. The van der Waals surface area contributed by atoms with Crippen molar-refractivity contribution in [2.45, 2.75) is 26.8 Å². The summed E-state index contributed by atoms with van der Waals surface area (Å²) in [7, 11) is -1.60. The SMILES string of the molecule is Cc1ccc(C#N)cc1N(CCNC(C)C)C(=O)CNCC(=O)N(C)N1CCN(S(C)(=O)=O)CC1. The number of amides is 2. The zero-order chi connectivity index (χ0) is 26.2. The van der Waals surface area contributed by atoms with Crippen molar-refractivity contribution in [2.75, 3.05) is 70.6 Å². The Morgan fingerprint density at radius 1 is 1.14 bits per heavy atom. The van der Waals surface area contributed by atoms with Gasteiger partial charge < -0.3 is 10.2 Å². The Kier molecular flexibility index (Phi) is 10.6. The molecule has 2 amide bonds. The fourth-order valence-electron chi connectivity index (χ4n) is 3.77. The van der Waals surface area contributed by atoms with E-state index in [1.807, 2.05) is 26.8 Å². The van der Waals surface area contributed by atoms with Gasteiger partial charge in [0.1, 0.15) is 0 Å². The molecular weight excluding hydrogens is 470 g/mol. The van der Waals surface area contributed by atoms with Crippen molar-refractivity contribution in [1.82, 2.24) is 25.0 Å². The van der Waals surface area contributed by atoms with Crippen molar-refractivity contribution in [3.05, 3.63) is 29.3 Å². The number of sulfonamides is 1. The van der Waals surface area contributed by atoms with Gasteiger partial charge in [-0.3, -0.25) is 19.9 Å². The van der Waals surface area contributed by atoms with Crippen LogP contribution in [0, 0.1) is 18.3 Å². The van der Waals surface area contributed by atoms with Gasteiger partial charge in [0.05, 0.1) is 31.0 Å². The number of hydrogen-bond donors (Lipinski definition) is 2. The highest BCUT2D eigenvalue weighted by Gasteiger charge is 2.27. The van der Waals surface area contributed by atoms with Crippen molar-refractivity contribution in [2.24, 2.45) is 0 Å². The molecule has 0 saturated carbocycles. The monoisotopic (exact) mass is 507 g/mol. The maximum absolute atomic E-state index is 13.1. The Balaban J connectivity index is 1.95. The van der Waals surface area contributed by atoms with Gasteiger partial charge in [0.15, 0.2) is 0 Å². The van der Waals surface area contributed by atoms with Gasteiger partial charge in [0, 0.05) is 58.0 Å². The number of anilines is 1. The molecule has 2 N–H and O–H groups in total. The minimum atomic E-state index is -3.24. The number of nitrogens with zero attached hydrogens (tertiary/aromatic N) is 5. The smallest absolute Gasteiger partial charge is 0.250 e. The molecule has 194 valence electrons. The van der Waals surface area contributed by atoms with Gasteiger partial charge in [-0.15, -0.1) is 0 Å². The van der Waals surface area contributed by atoms with Crippen LogP contribution in [0.25, 0.3) is 0 Å². The van der Waals surface area contributed by atoms with Crippen LogP contribution in [0.5, 0.6) is 0 Å². The quantitative estimate of drug-likeness (QED) is 0.419. The number of piperazine rings is 1. The summed E-state index contributed by atoms with van der Waals surface area (Å²) in [5, 5.41) is 18.8. The average Bonchev–Trinajstić information content (AvgIpc) is 2.81. The highest BCUT2D eigenvalue weighted by atomic mass is 32.2. The topological polar surface area (TPSA) is 129 Å². The molecule has 0 bridgehead atoms. The maximum atomic E-state index is 13.1. The molecule has 1 aliphatic heterocycles. The van der Waals surface area contributed by atoms with Crippen molar-refractivity contribution < 1.29 is 18.0 Å². The molecule has 0 spiro atoms. The molecule has 1 aromatic rings. The van der Waals surface area contributed by atoms with Gasteiger partial charge in [-0.1, -0.05) is 19.9 Å². The van der Waals surface area contributed by atoms with E-state index in [0.717, 1.165) is 5.56 Å². The standard InChI is InChI=1S/C23H37N7O4S/c1-18(2)26-8-9-30(21-14-20(15-24)7-6-19(21)3)23(32)17-25-16-22(31)27(4)28-10-12-29(13-11-28)35(5,33)34/h6-7,14,18,25-26H,8-13,16-17H2,1-5H3. The number of hydrogen-bond acceptors (Lipinski definition) is 8. The summed E-state index contributed by atoms with van der Waals surface area (Å²) < 4.78 is 24.7. The van der Waals surface area contributed by atoms with Gasteiger partial charge in [-0.25, -0.2) is 13.4 Å². The second-order valence-corrected chi connectivity index (χ2v) is 10.9. The van der Waals surface area contributed by atoms with Gasteiger partial charge in [0.25, 0.3) is 5.91 Å². The Labute approximate surface area is 208 Å². The Morgan fingerprint density at radius 2 is 1.77 bits per heavy atom. The second kappa shape index (κ2) is 12.9. The van der Waals surface area contributed by atoms with Crippen molar-refractivity contribution in [3.8, 4) is 6.07 Å². The first-order chi connectivity index (χ1) is 16.4. The minimum Gasteiger partial charge on any atom is -0.313 e. The lowest BCUT2D eigenvalue weighted by molar-refractivity contribution is -0.146. The molecule has 12 heteroatoms. The summed E-state index contributed by atoms with van der Waals surface area (Å²) in [6, 6.07) is 7.63. The normalized spacial score (nSPS) is 15.1. The number of hydrazine groups is 1. The molecular formula is C23H37N7O4S. The van der Waals surface area contributed by atoms with Gasteiger partial charge >= 0.3 is 0 Å². The molecule has 1 fully saturated rings. The van der Waals surface area contributed by atoms with Gasteiger partial charge in [0.2, 0.25) is 15.9 Å². The molecule has 2 rings (SSSR count). The number of nitrogens with one attached hydrogen (secondary N) is 2. The maximum Gasteiger partial charge on any atom is 0.250 e. The van der Waals surface area contributed by atoms with Gasteiger partial charge in [-0.2, -0.15) is 9.57 Å². The van der Waals surface area contributed by atoms with Crippen LogP contribution in [0.4, 0.5) is 5.69 Å². The van der Waals surface area contributed by atoms with E-state index in [1.54, 1.807) is 29.1 Å². The molecule has 1 aliphatic rings. The molecule has 0 aromatic heterocycles. The number of carbonyl (C=O) groups is 2. The van der Waals surface area contributed by atoms with Crippen LogP contribution in [0.3, 0.4) is 0 Å². The number of aryl methyl sites for hydroxylation is 1. The lowest BCUT2D eigenvalue weighted by Crippen LogP contribution is -2.56. The summed E-state index contributed by atoms with van der Waals surface area (Å²) >= 11 is 0. The Morgan fingerprint density at radius 3 is 2.34 bits per heavy atom. The van der Waals surface area contributed by atoms with Crippen LogP contribution >= 0.6 is 0 Å². The number of nitriles is 1. The van der Waals surface area contributed by atoms with E-state index in [0.29, 0.717) is 50.5 Å². The zero-order valence-electron chi connectivity index (χ0n) is 21.2. The van der Waals surface area contributed by atoms with Crippen LogP contribution in [-0.4, -0.2) is 106 Å². The van der Waals surface area contributed by atoms with E-state index in [1.165, 1.54) is 15.6 Å². The first kappa shape index (κ1) is 28.7. The van der Waals surface area contributed by atoms with Crippen molar-refractivity contribution >= 4 is 27.5 Å². The molecule has 1 aromatic carbocycles. The minimum absolute atomic E-state index is 0.0379. The van der Waals surface area contributed by atoms with E-state index >= 15 is 0 Å². The molecule has 1 heterocycles. The number of likely N-dealkylation sites (N-methyl/N-ethyl adjacent to an activating group) is 1. The third kappa shape index (κ3) is 8.55. The van der Waals surface area contributed by atoms with Crippen LogP contribution in [0.1, 0.15) is 25.0 Å². The summed E-state index contributed by atoms with van der Waals surface area (Å²) in [5.41, 5.74) is 2.03. The Hall–Kier alpha value is -2.56. The molecule has 0 unspecified atom stereocenters. The Bertz CT molecular complexity index is 1030. The highest BCUT2D eigenvalue weighted by Crippen LogP contribution is 2.21. The molecule has 0 aliphatic carbocycles. The lowest BCUT2D eigenvalue weighted by Gasteiger charge is -2.38. The molecule has 0 atom stereocenters. The van der Waals surface area contributed by atoms with Crippen LogP contribution in [-0.2, 0) is 19.6 Å². The molecule has 35 heavy (non-hydrogen) atoms. The molecule has 11 nitrogen and oxygen atoms in total. The van der Waals surface area contributed by atoms with E-state index in [-0.39, 0.29) is 30.9 Å². The van der Waals surface area contributed by atoms with Crippen LogP contribution < -0.4 is 15.5 Å². The van der Waals surface area contributed by atoms with E-state index in [9.17, 15) is 23.3 Å². The molecule has 0 radical (unpaired) electrons. The lowest BCUT2D eigenvalue weighted by atomic mass is 10.1. The predicted molar refractivity (Wildman–Crippen MR) is 135 cm³/mol. The first-order valence-electron chi connectivity index (χ1n) is 11.7. The second-order valence-electron chi connectivity index (χ2n) is 8.90. The van der Waals surface area contributed by atoms with E-state index in [2.05, 4.69) is 16.7 Å². The average molecular weight is 508 g/mol. The predicted octanol–water partition coefficient (Wildman–Crippen LogP) is -0.262. The summed E-state index contributed by atoms with van der Waals surface area (Å²) in [4.78, 5) is 27.4. The van der Waals surface area contributed by atoms with Crippen LogP contribution in [0.15, 0.2) is 18.2 Å². The fourth-order valence-corrected chi connectivity index (χ4v) is 4.59. The third-order valence-electron chi connectivity index (χ3n) is 5.84. The zero-order valence-corrected chi connectivity index (χ0v) is 22.1. The van der Waals surface area contributed by atoms with E-state index < -0.39 is 10.0 Å². The number of carbonyl (C=O) groups excluding carboxylic acids is 2. The van der Waals surface area contributed by atoms with Gasteiger partial charge in [-0.05, 0) is 24.6 Å². The van der Waals surface area contributed by atoms with Crippen molar-refractivity contribution in [1.29, 1.82) is 5.26 Å². The largest absolute Gasteiger partial charge is 0.313 e. The van der Waals surface area contributed by atoms with E-state index in [4.69, 9.17) is 0 Å². The summed E-state index contributed by atoms with van der Waals surface area (Å²) in [6.45, 7) is 8.35. The number of benzene rings is 1. The summed E-state index contributed by atoms with van der Waals surface area (Å²) in [5.74, 6) is -0.424. The fraction of sp³-hybridized carbons (Fsp3) is 0.609. The van der Waals surface area contributed by atoms with Crippen LogP contribution in [0.2, 0.25) is 0 Å². The first-order valence-corrected chi connectivity index (χ1v) is 13.5. The number of rotatable bonds is 11. The highest BCUT2D eigenvalue weighted by molar-refractivity contribution is 7.88. The van der Waals surface area contributed by atoms with Crippen molar-refractivity contribution in [3.63, 3.8) is 0 Å². The third-order valence-corrected chi connectivity index (χ3v) is 7.14. The summed E-state index contributed by atoms with van der Waals surface area (Å²) in [6.07, 6.45) is 1.18.